The molecule has 0 saturated heterocycles. The number of nitrogens with one attached hydrogen (secondary N) is 1. The van der Waals surface area contributed by atoms with Crippen molar-refractivity contribution in [3.63, 3.8) is 0 Å². The lowest BCUT2D eigenvalue weighted by atomic mass is 10.2. The Labute approximate surface area is 160 Å². The Bertz CT molecular complexity index is 752. The van der Waals surface area contributed by atoms with Crippen molar-refractivity contribution in [1.82, 2.24) is 0 Å². The lowest BCUT2D eigenvalue weighted by molar-refractivity contribution is -0.147. The zero-order valence-electron chi connectivity index (χ0n) is 14.7. The van der Waals surface area contributed by atoms with Gasteiger partial charge in [-0.1, -0.05) is 13.0 Å². The maximum absolute atomic E-state index is 12.0. The van der Waals surface area contributed by atoms with Crippen LogP contribution in [0.25, 0.3) is 0 Å². The molecule has 1 N–H and O–H groups in total. The summed E-state index contributed by atoms with van der Waals surface area (Å²) in [5, 5.41) is 5.00. The van der Waals surface area contributed by atoms with Gasteiger partial charge < -0.3 is 14.8 Å². The van der Waals surface area contributed by atoms with E-state index in [1.807, 2.05) is 24.4 Å². The largest absolute Gasteiger partial charge is 0.462 e. The number of carbonyl (C=O) groups excluding carboxylic acids is 3. The van der Waals surface area contributed by atoms with Crippen molar-refractivity contribution in [2.45, 2.75) is 33.1 Å². The van der Waals surface area contributed by atoms with Gasteiger partial charge in [-0.15, -0.1) is 22.7 Å². The van der Waals surface area contributed by atoms with E-state index < -0.39 is 17.8 Å². The molecule has 0 radical (unpaired) electrons. The fourth-order valence-corrected chi connectivity index (χ4v) is 3.84. The van der Waals surface area contributed by atoms with Crippen LogP contribution in [-0.4, -0.2) is 31.1 Å². The molecule has 0 aliphatic rings. The molecule has 0 aliphatic carbocycles. The maximum Gasteiger partial charge on any atom is 0.341 e. The number of amides is 1. The summed E-state index contributed by atoms with van der Waals surface area (Å²) in [5.74, 6) is -1.39. The highest BCUT2D eigenvalue weighted by Gasteiger charge is 2.19. The summed E-state index contributed by atoms with van der Waals surface area (Å²) >= 11 is 2.89. The van der Waals surface area contributed by atoms with Crippen molar-refractivity contribution < 1.29 is 23.9 Å². The molecule has 140 valence electrons. The van der Waals surface area contributed by atoms with Crippen molar-refractivity contribution in [2.75, 3.05) is 18.5 Å². The fraction of sp³-hybridized carbons (Fsp3) is 0.389. The van der Waals surface area contributed by atoms with Crippen molar-refractivity contribution in [3.8, 4) is 0 Å². The molecule has 0 aromatic carbocycles. The summed E-state index contributed by atoms with van der Waals surface area (Å²) in [6.07, 6.45) is 1.56. The second-order valence-corrected chi connectivity index (χ2v) is 7.49. The summed E-state index contributed by atoms with van der Waals surface area (Å²) in [6, 6.07) is 5.58. The Kier molecular flexibility index (Phi) is 7.80. The SMILES string of the molecule is CCOC(=O)c1cc(CC)sc1NC(=O)COC(=O)CCc1cccs1. The van der Waals surface area contributed by atoms with E-state index in [0.717, 1.165) is 16.2 Å². The van der Waals surface area contributed by atoms with Crippen LogP contribution in [0.3, 0.4) is 0 Å². The minimum atomic E-state index is -0.482. The van der Waals surface area contributed by atoms with Gasteiger partial charge in [-0.3, -0.25) is 9.59 Å². The molecular formula is C18H21NO5S2. The summed E-state index contributed by atoms with van der Waals surface area (Å²) in [5.41, 5.74) is 0.325. The van der Waals surface area contributed by atoms with Gasteiger partial charge in [-0.2, -0.15) is 0 Å². The molecular weight excluding hydrogens is 374 g/mol. The zero-order valence-corrected chi connectivity index (χ0v) is 16.3. The molecule has 8 heteroatoms. The van der Waals surface area contributed by atoms with Crippen LogP contribution in [0.15, 0.2) is 23.6 Å². The Morgan fingerprint density at radius 3 is 2.62 bits per heavy atom. The predicted molar refractivity (Wildman–Crippen MR) is 102 cm³/mol. The quantitative estimate of drug-likeness (QED) is 0.655. The second kappa shape index (κ2) is 10.1. The molecule has 1 amide bonds. The molecule has 2 aromatic rings. The van der Waals surface area contributed by atoms with Crippen molar-refractivity contribution in [2.24, 2.45) is 0 Å². The van der Waals surface area contributed by atoms with Gasteiger partial charge in [0.25, 0.3) is 5.91 Å². The summed E-state index contributed by atoms with van der Waals surface area (Å²) in [4.78, 5) is 37.8. The Morgan fingerprint density at radius 1 is 1.15 bits per heavy atom. The smallest absolute Gasteiger partial charge is 0.341 e. The molecule has 0 unspecified atom stereocenters. The normalized spacial score (nSPS) is 10.4. The van der Waals surface area contributed by atoms with Crippen LogP contribution in [0.1, 0.15) is 40.4 Å². The number of anilines is 1. The number of rotatable bonds is 9. The van der Waals surface area contributed by atoms with Crippen LogP contribution < -0.4 is 5.32 Å². The molecule has 0 atom stereocenters. The molecule has 2 aromatic heterocycles. The summed E-state index contributed by atoms with van der Waals surface area (Å²) in [7, 11) is 0. The molecule has 26 heavy (non-hydrogen) atoms. The first-order chi connectivity index (χ1) is 12.5. The molecule has 2 heterocycles. The third-order valence-electron chi connectivity index (χ3n) is 3.40. The first-order valence-electron chi connectivity index (χ1n) is 8.31. The van der Waals surface area contributed by atoms with E-state index in [2.05, 4.69) is 5.32 Å². The van der Waals surface area contributed by atoms with Crippen LogP contribution in [0.4, 0.5) is 5.00 Å². The van der Waals surface area contributed by atoms with Gasteiger partial charge in [-0.25, -0.2) is 4.79 Å². The molecule has 2 rings (SSSR count). The molecule has 0 bridgehead atoms. The van der Waals surface area contributed by atoms with E-state index in [1.54, 1.807) is 24.3 Å². The number of esters is 2. The highest BCUT2D eigenvalue weighted by Crippen LogP contribution is 2.29. The van der Waals surface area contributed by atoms with Gasteiger partial charge in [0.1, 0.15) is 5.00 Å². The van der Waals surface area contributed by atoms with E-state index in [1.165, 1.54) is 11.3 Å². The lowest BCUT2D eigenvalue weighted by Gasteiger charge is -2.07. The number of thiophene rings is 2. The van der Waals surface area contributed by atoms with E-state index in [9.17, 15) is 14.4 Å². The lowest BCUT2D eigenvalue weighted by Crippen LogP contribution is -2.21. The van der Waals surface area contributed by atoms with Crippen molar-refractivity contribution in [1.29, 1.82) is 0 Å². The molecule has 0 saturated carbocycles. The minimum absolute atomic E-state index is 0.223. The predicted octanol–water partition coefficient (Wildman–Crippen LogP) is 3.66. The zero-order chi connectivity index (χ0) is 18.9. The molecule has 0 spiro atoms. The van der Waals surface area contributed by atoms with Gasteiger partial charge in [0.05, 0.1) is 18.6 Å². The standard InChI is InChI=1S/C18H21NO5S2/c1-3-12-10-14(18(22)23-4-2)17(26-12)19-15(20)11-24-16(21)8-7-13-6-5-9-25-13/h5-6,9-10H,3-4,7-8,11H2,1-2H3,(H,19,20). The van der Waals surface area contributed by atoms with Crippen LogP contribution in [0, 0.1) is 0 Å². The number of hydrogen-bond donors (Lipinski definition) is 1. The maximum atomic E-state index is 12.0. The first-order valence-corrected chi connectivity index (χ1v) is 10.0. The average Bonchev–Trinajstić information content (AvgIpc) is 3.28. The molecule has 0 fully saturated rings. The van der Waals surface area contributed by atoms with Gasteiger partial charge in [0.15, 0.2) is 6.61 Å². The third kappa shape index (κ3) is 5.96. The number of aryl methyl sites for hydroxylation is 2. The van der Waals surface area contributed by atoms with Gasteiger partial charge in [0, 0.05) is 9.75 Å². The van der Waals surface area contributed by atoms with Crippen LogP contribution in [0.5, 0.6) is 0 Å². The van der Waals surface area contributed by atoms with Crippen molar-refractivity contribution in [3.05, 3.63) is 38.9 Å². The number of hydrogen-bond acceptors (Lipinski definition) is 7. The highest BCUT2D eigenvalue weighted by atomic mass is 32.1. The first kappa shape index (κ1) is 20.1. The van der Waals surface area contributed by atoms with E-state index in [0.29, 0.717) is 17.0 Å². The monoisotopic (exact) mass is 395 g/mol. The van der Waals surface area contributed by atoms with E-state index in [4.69, 9.17) is 9.47 Å². The summed E-state index contributed by atoms with van der Waals surface area (Å²) < 4.78 is 10.0. The van der Waals surface area contributed by atoms with E-state index >= 15 is 0 Å². The molecule has 6 nitrogen and oxygen atoms in total. The minimum Gasteiger partial charge on any atom is -0.462 e. The van der Waals surface area contributed by atoms with Crippen LogP contribution in [-0.2, 0) is 31.9 Å². The molecule has 0 aliphatic heterocycles. The third-order valence-corrected chi connectivity index (χ3v) is 5.53. The van der Waals surface area contributed by atoms with Crippen molar-refractivity contribution >= 4 is 45.5 Å². The van der Waals surface area contributed by atoms with Crippen LogP contribution in [0.2, 0.25) is 0 Å². The topological polar surface area (TPSA) is 81.7 Å². The fourth-order valence-electron chi connectivity index (χ4n) is 2.13. The van der Waals surface area contributed by atoms with E-state index in [-0.39, 0.29) is 19.6 Å². The Morgan fingerprint density at radius 2 is 1.96 bits per heavy atom. The Balaban J connectivity index is 1.85. The van der Waals surface area contributed by atoms with Gasteiger partial charge >= 0.3 is 11.9 Å². The Hall–Kier alpha value is -2.19. The van der Waals surface area contributed by atoms with Gasteiger partial charge in [-0.05, 0) is 37.3 Å². The highest BCUT2D eigenvalue weighted by molar-refractivity contribution is 7.16. The number of ether oxygens (including phenoxy) is 2. The second-order valence-electron chi connectivity index (χ2n) is 5.32. The summed E-state index contributed by atoms with van der Waals surface area (Å²) in [6.45, 7) is 3.55. The van der Waals surface area contributed by atoms with Crippen LogP contribution >= 0.6 is 22.7 Å². The average molecular weight is 396 g/mol. The number of carbonyl (C=O) groups is 3. The van der Waals surface area contributed by atoms with Gasteiger partial charge in [0.2, 0.25) is 0 Å².